The van der Waals surface area contributed by atoms with Gasteiger partial charge in [0.15, 0.2) is 0 Å². The van der Waals surface area contributed by atoms with Crippen LogP contribution in [0.25, 0.3) is 0 Å². The molecular weight excluding hydrogens is 256 g/mol. The predicted molar refractivity (Wildman–Crippen MR) is 65.5 cm³/mol. The highest BCUT2D eigenvalue weighted by Gasteiger charge is 2.23. The van der Waals surface area contributed by atoms with Crippen LogP contribution in [-0.2, 0) is 14.3 Å². The van der Waals surface area contributed by atoms with Crippen molar-refractivity contribution in [2.45, 2.75) is 26.3 Å². The first-order valence-corrected chi connectivity index (χ1v) is 6.00. The lowest BCUT2D eigenvalue weighted by Gasteiger charge is -2.22. The van der Waals surface area contributed by atoms with Crippen LogP contribution >= 0.6 is 0 Å². The van der Waals surface area contributed by atoms with Gasteiger partial charge in [-0.3, -0.25) is 4.79 Å². The lowest BCUT2D eigenvalue weighted by Crippen LogP contribution is -2.49. The summed E-state index contributed by atoms with van der Waals surface area (Å²) in [6, 6.07) is -1.87. The minimum Gasteiger partial charge on any atom is -0.480 e. The van der Waals surface area contributed by atoms with Gasteiger partial charge >= 0.3 is 18.0 Å². The minimum absolute atomic E-state index is 0.0992. The van der Waals surface area contributed by atoms with E-state index in [4.69, 9.17) is 14.9 Å². The van der Waals surface area contributed by atoms with E-state index in [1.54, 1.807) is 13.8 Å². The van der Waals surface area contributed by atoms with Gasteiger partial charge in [-0.15, -0.1) is 0 Å². The van der Waals surface area contributed by atoms with Crippen molar-refractivity contribution in [1.29, 1.82) is 0 Å². The van der Waals surface area contributed by atoms with Crippen LogP contribution in [0.5, 0.6) is 0 Å². The molecule has 0 aliphatic heterocycles. The van der Waals surface area contributed by atoms with Crippen LogP contribution < -0.4 is 5.32 Å². The molecule has 0 unspecified atom stereocenters. The summed E-state index contributed by atoms with van der Waals surface area (Å²) in [5.41, 5.74) is 0. The zero-order valence-electron chi connectivity index (χ0n) is 11.1. The molecule has 8 heteroatoms. The molecule has 0 aliphatic carbocycles. The van der Waals surface area contributed by atoms with Crippen LogP contribution in [-0.4, -0.2) is 65.4 Å². The lowest BCUT2D eigenvalue weighted by molar-refractivity contribution is -0.143. The molecule has 0 heterocycles. The third kappa shape index (κ3) is 6.61. The Hall–Kier alpha value is -1.83. The molecule has 1 atom stereocenters. The van der Waals surface area contributed by atoms with Crippen molar-refractivity contribution in [3.8, 4) is 0 Å². The number of carboxylic acid groups (broad SMARTS) is 1. The number of esters is 1. The fourth-order valence-corrected chi connectivity index (χ4v) is 1.32. The summed E-state index contributed by atoms with van der Waals surface area (Å²) in [6.45, 7) is 3.13. The van der Waals surface area contributed by atoms with Crippen molar-refractivity contribution in [3.05, 3.63) is 0 Å². The summed E-state index contributed by atoms with van der Waals surface area (Å²) < 4.78 is 4.71. The number of carboxylic acids is 1. The van der Waals surface area contributed by atoms with Crippen LogP contribution in [0.15, 0.2) is 0 Å². The van der Waals surface area contributed by atoms with Gasteiger partial charge in [-0.1, -0.05) is 0 Å². The Kier molecular flexibility index (Phi) is 8.27. The fraction of sp³-hybridized carbons (Fsp3) is 0.727. The van der Waals surface area contributed by atoms with Crippen molar-refractivity contribution in [2.24, 2.45) is 0 Å². The maximum Gasteiger partial charge on any atom is 0.326 e. The second-order valence-corrected chi connectivity index (χ2v) is 3.67. The van der Waals surface area contributed by atoms with Crippen LogP contribution in [0.3, 0.4) is 0 Å². The summed E-state index contributed by atoms with van der Waals surface area (Å²) in [6.07, 6.45) is -0.0992. The molecule has 0 rings (SSSR count). The smallest absolute Gasteiger partial charge is 0.326 e. The molecule has 0 radical (unpaired) electrons. The number of nitrogens with one attached hydrogen (secondary N) is 1. The van der Waals surface area contributed by atoms with Gasteiger partial charge in [-0.25, -0.2) is 9.59 Å². The summed E-state index contributed by atoms with van der Waals surface area (Å²) in [7, 11) is 0. The molecule has 0 aromatic rings. The number of aliphatic hydroxyl groups excluding tert-OH is 1. The first kappa shape index (κ1) is 17.2. The second kappa shape index (κ2) is 9.15. The molecular formula is C11H20N2O6. The van der Waals surface area contributed by atoms with E-state index in [9.17, 15) is 14.4 Å². The van der Waals surface area contributed by atoms with Crippen LogP contribution in [0.2, 0.25) is 0 Å². The Morgan fingerprint density at radius 1 is 1.32 bits per heavy atom. The minimum atomic E-state index is -1.24. The molecule has 0 aliphatic rings. The quantitative estimate of drug-likeness (QED) is 0.511. The molecule has 0 aromatic carbocycles. The topological polar surface area (TPSA) is 116 Å². The number of aliphatic carboxylic acids is 1. The van der Waals surface area contributed by atoms with Crippen molar-refractivity contribution >= 4 is 18.0 Å². The van der Waals surface area contributed by atoms with Gasteiger partial charge in [-0.2, -0.15) is 0 Å². The number of ether oxygens (including phenoxy) is 1. The fourth-order valence-electron chi connectivity index (χ4n) is 1.32. The number of carbonyl (C=O) groups is 3. The number of rotatable bonds is 8. The number of hydrogen-bond acceptors (Lipinski definition) is 5. The van der Waals surface area contributed by atoms with Gasteiger partial charge in [0.25, 0.3) is 0 Å². The average molecular weight is 276 g/mol. The molecule has 3 N–H and O–H groups in total. The maximum atomic E-state index is 11.8. The Balaban J connectivity index is 4.48. The zero-order valence-corrected chi connectivity index (χ0v) is 11.1. The van der Waals surface area contributed by atoms with E-state index in [1.165, 1.54) is 0 Å². The number of urea groups is 1. The van der Waals surface area contributed by atoms with E-state index >= 15 is 0 Å². The van der Waals surface area contributed by atoms with E-state index in [0.717, 1.165) is 4.90 Å². The van der Waals surface area contributed by atoms with Gasteiger partial charge in [-0.05, 0) is 13.8 Å². The molecule has 0 fully saturated rings. The zero-order chi connectivity index (χ0) is 14.8. The van der Waals surface area contributed by atoms with Crippen LogP contribution in [0.1, 0.15) is 20.3 Å². The summed E-state index contributed by atoms with van der Waals surface area (Å²) in [4.78, 5) is 35.0. The van der Waals surface area contributed by atoms with E-state index in [0.29, 0.717) is 0 Å². The molecule has 8 nitrogen and oxygen atoms in total. The molecule has 0 saturated carbocycles. The van der Waals surface area contributed by atoms with Crippen molar-refractivity contribution in [1.82, 2.24) is 10.2 Å². The van der Waals surface area contributed by atoms with Crippen LogP contribution in [0.4, 0.5) is 4.79 Å². The van der Waals surface area contributed by atoms with Gasteiger partial charge in [0.05, 0.1) is 6.61 Å². The Labute approximate surface area is 111 Å². The number of aliphatic hydroxyl groups is 1. The molecule has 110 valence electrons. The third-order valence-electron chi connectivity index (χ3n) is 2.31. The summed E-state index contributed by atoms with van der Waals surface area (Å²) >= 11 is 0. The average Bonchev–Trinajstić information content (AvgIpc) is 2.35. The molecule has 0 saturated heterocycles. The van der Waals surface area contributed by atoms with Gasteiger partial charge in [0.2, 0.25) is 0 Å². The SMILES string of the molecule is CCOC(=O)CN(CC)C(=O)N[C@@H](CCO)C(=O)O. The largest absolute Gasteiger partial charge is 0.480 e. The van der Waals surface area contributed by atoms with Gasteiger partial charge in [0, 0.05) is 19.6 Å². The summed E-state index contributed by atoms with van der Waals surface area (Å²) in [5, 5.41) is 19.8. The Morgan fingerprint density at radius 3 is 2.37 bits per heavy atom. The maximum absolute atomic E-state index is 11.8. The molecule has 0 spiro atoms. The lowest BCUT2D eigenvalue weighted by atomic mass is 10.2. The van der Waals surface area contributed by atoms with Crippen molar-refractivity contribution in [2.75, 3.05) is 26.3 Å². The third-order valence-corrected chi connectivity index (χ3v) is 2.31. The number of nitrogens with zero attached hydrogens (tertiary/aromatic N) is 1. The van der Waals surface area contributed by atoms with E-state index in [1.807, 2.05) is 0 Å². The summed E-state index contributed by atoms with van der Waals surface area (Å²) in [5.74, 6) is -1.80. The van der Waals surface area contributed by atoms with Gasteiger partial charge < -0.3 is 25.2 Å². The number of likely N-dealkylation sites (N-methyl/N-ethyl adjacent to an activating group) is 1. The van der Waals surface area contributed by atoms with E-state index in [2.05, 4.69) is 5.32 Å². The monoisotopic (exact) mass is 276 g/mol. The molecule has 0 bridgehead atoms. The molecule has 0 aromatic heterocycles. The van der Waals surface area contributed by atoms with Crippen molar-refractivity contribution < 1.29 is 29.3 Å². The molecule has 2 amide bonds. The normalized spacial score (nSPS) is 11.5. The number of amides is 2. The Bertz CT molecular complexity index is 320. The highest BCUT2D eigenvalue weighted by Crippen LogP contribution is 1.97. The molecule has 19 heavy (non-hydrogen) atoms. The highest BCUT2D eigenvalue weighted by molar-refractivity contribution is 5.85. The van der Waals surface area contributed by atoms with E-state index in [-0.39, 0.29) is 32.7 Å². The van der Waals surface area contributed by atoms with Crippen molar-refractivity contribution in [3.63, 3.8) is 0 Å². The van der Waals surface area contributed by atoms with E-state index < -0.39 is 24.0 Å². The second-order valence-electron chi connectivity index (χ2n) is 3.67. The predicted octanol–water partition coefficient (Wildman–Crippen LogP) is -0.583. The number of carbonyl (C=O) groups excluding carboxylic acids is 2. The standard InChI is InChI=1S/C11H20N2O6/c1-3-13(7-9(15)19-4-2)11(18)12-8(5-6-14)10(16)17/h8,14H,3-7H2,1-2H3,(H,12,18)(H,16,17)/t8-/m0/s1. The van der Waals surface area contributed by atoms with Gasteiger partial charge in [0.1, 0.15) is 12.6 Å². The Morgan fingerprint density at radius 2 is 1.95 bits per heavy atom. The first-order chi connectivity index (χ1) is 8.96. The van der Waals surface area contributed by atoms with Crippen LogP contribution in [0, 0.1) is 0 Å². The first-order valence-electron chi connectivity index (χ1n) is 6.00. The highest BCUT2D eigenvalue weighted by atomic mass is 16.5. The number of hydrogen-bond donors (Lipinski definition) is 3.